The maximum atomic E-state index is 9.42. The van der Waals surface area contributed by atoms with Crippen LogP contribution in [0.25, 0.3) is 0 Å². The third-order valence-corrected chi connectivity index (χ3v) is 3.23. The van der Waals surface area contributed by atoms with E-state index in [1.807, 2.05) is 17.9 Å². The second-order valence-electron chi connectivity index (χ2n) is 4.26. The van der Waals surface area contributed by atoms with Gasteiger partial charge in [-0.05, 0) is 31.3 Å². The first kappa shape index (κ1) is 13.8. The van der Waals surface area contributed by atoms with Crippen molar-refractivity contribution in [2.45, 2.75) is 6.92 Å². The molecule has 1 heterocycles. The van der Waals surface area contributed by atoms with Crippen LogP contribution in [0, 0.1) is 0 Å². The number of phenolic OH excluding ortho intramolecular Hbond substituents is 1. The molecule has 0 aliphatic carbocycles. The van der Waals surface area contributed by atoms with Crippen LogP contribution in [0.3, 0.4) is 0 Å². The van der Waals surface area contributed by atoms with E-state index in [2.05, 4.69) is 10.5 Å². The fourth-order valence-electron chi connectivity index (χ4n) is 1.76. The highest BCUT2D eigenvalue weighted by molar-refractivity contribution is 7.80. The van der Waals surface area contributed by atoms with Gasteiger partial charge in [0.05, 0.1) is 18.9 Å². The van der Waals surface area contributed by atoms with E-state index in [0.717, 1.165) is 24.4 Å². The van der Waals surface area contributed by atoms with Crippen molar-refractivity contribution in [2.24, 2.45) is 5.10 Å². The summed E-state index contributed by atoms with van der Waals surface area (Å²) in [4.78, 5) is 2.03. The average Bonchev–Trinajstić information content (AvgIpc) is 2.45. The van der Waals surface area contributed by atoms with Gasteiger partial charge in [-0.15, -0.1) is 0 Å². The lowest BCUT2D eigenvalue weighted by Crippen LogP contribution is -2.44. The van der Waals surface area contributed by atoms with Gasteiger partial charge in [-0.1, -0.05) is 12.1 Å². The maximum absolute atomic E-state index is 9.42. The van der Waals surface area contributed by atoms with Crippen molar-refractivity contribution in [3.63, 3.8) is 0 Å². The number of aromatic hydroxyl groups is 1. The number of hydrazone groups is 1. The van der Waals surface area contributed by atoms with Crippen LogP contribution in [0.15, 0.2) is 29.4 Å². The Morgan fingerprint density at radius 2 is 2.16 bits per heavy atom. The van der Waals surface area contributed by atoms with Crippen LogP contribution in [0.1, 0.15) is 12.5 Å². The van der Waals surface area contributed by atoms with Crippen LogP contribution in [-0.4, -0.2) is 47.1 Å². The summed E-state index contributed by atoms with van der Waals surface area (Å²) in [5.74, 6) is 0.225. The molecule has 2 N–H and O–H groups in total. The molecule has 1 aliphatic heterocycles. The molecular weight excluding hydrogens is 262 g/mol. The van der Waals surface area contributed by atoms with Crippen molar-refractivity contribution in [2.75, 3.05) is 26.3 Å². The number of ether oxygens (including phenoxy) is 1. The van der Waals surface area contributed by atoms with E-state index < -0.39 is 0 Å². The van der Waals surface area contributed by atoms with Crippen LogP contribution in [0.4, 0.5) is 0 Å². The fourth-order valence-corrected chi connectivity index (χ4v) is 1.99. The van der Waals surface area contributed by atoms with Gasteiger partial charge in [-0.25, -0.2) is 0 Å². The Morgan fingerprint density at radius 1 is 1.42 bits per heavy atom. The van der Waals surface area contributed by atoms with Crippen molar-refractivity contribution >= 4 is 23.0 Å². The number of hydrogen-bond acceptors (Lipinski definition) is 4. The molecule has 1 fully saturated rings. The molecule has 0 atom stereocenters. The highest BCUT2D eigenvalue weighted by atomic mass is 32.1. The Morgan fingerprint density at radius 3 is 2.84 bits per heavy atom. The van der Waals surface area contributed by atoms with E-state index in [9.17, 15) is 5.11 Å². The topological polar surface area (TPSA) is 57.1 Å². The molecule has 0 radical (unpaired) electrons. The lowest BCUT2D eigenvalue weighted by atomic mass is 10.1. The number of nitrogens with zero attached hydrogens (tertiary/aromatic N) is 2. The molecule has 0 saturated carbocycles. The minimum absolute atomic E-state index is 0.225. The van der Waals surface area contributed by atoms with Crippen molar-refractivity contribution in [3.05, 3.63) is 29.8 Å². The van der Waals surface area contributed by atoms with E-state index >= 15 is 0 Å². The van der Waals surface area contributed by atoms with Crippen LogP contribution >= 0.6 is 12.2 Å². The van der Waals surface area contributed by atoms with Crippen LogP contribution in [-0.2, 0) is 4.74 Å². The highest BCUT2D eigenvalue weighted by Crippen LogP contribution is 2.11. The molecule has 1 saturated heterocycles. The Balaban J connectivity index is 1.95. The number of thiocarbonyl (C=S) groups is 1. The molecule has 2 rings (SSSR count). The Bertz CT molecular complexity index is 485. The lowest BCUT2D eigenvalue weighted by Gasteiger charge is -2.28. The second kappa shape index (κ2) is 6.49. The van der Waals surface area contributed by atoms with E-state index in [1.54, 1.807) is 18.2 Å². The zero-order chi connectivity index (χ0) is 13.7. The van der Waals surface area contributed by atoms with Gasteiger partial charge in [-0.3, -0.25) is 5.43 Å². The van der Waals surface area contributed by atoms with Gasteiger partial charge < -0.3 is 14.7 Å². The molecule has 0 unspecified atom stereocenters. The SMILES string of the molecule is C/C(=N\NC(=S)N1CCOCC1)c1cccc(O)c1. The Labute approximate surface area is 117 Å². The van der Waals surface area contributed by atoms with Gasteiger partial charge in [0.1, 0.15) is 5.75 Å². The van der Waals surface area contributed by atoms with E-state index in [-0.39, 0.29) is 5.75 Å². The Hall–Kier alpha value is -1.66. The monoisotopic (exact) mass is 279 g/mol. The lowest BCUT2D eigenvalue weighted by molar-refractivity contribution is 0.0677. The fraction of sp³-hybridized carbons (Fsp3) is 0.385. The zero-order valence-corrected chi connectivity index (χ0v) is 11.6. The summed E-state index contributed by atoms with van der Waals surface area (Å²) >= 11 is 5.27. The van der Waals surface area contributed by atoms with Crippen molar-refractivity contribution in [1.82, 2.24) is 10.3 Å². The van der Waals surface area contributed by atoms with Gasteiger partial charge >= 0.3 is 0 Å². The summed E-state index contributed by atoms with van der Waals surface area (Å²) in [6.45, 7) is 4.82. The summed E-state index contributed by atoms with van der Waals surface area (Å²) in [5, 5.41) is 14.3. The first-order chi connectivity index (χ1) is 9.16. The number of phenols is 1. The number of benzene rings is 1. The quantitative estimate of drug-likeness (QED) is 0.486. The molecule has 102 valence electrons. The third kappa shape index (κ3) is 3.90. The molecule has 0 bridgehead atoms. The second-order valence-corrected chi connectivity index (χ2v) is 4.65. The van der Waals surface area contributed by atoms with E-state index in [0.29, 0.717) is 18.3 Å². The van der Waals surface area contributed by atoms with Crippen LogP contribution < -0.4 is 5.43 Å². The maximum Gasteiger partial charge on any atom is 0.189 e. The van der Waals surface area contributed by atoms with Crippen molar-refractivity contribution in [3.8, 4) is 5.75 Å². The standard InChI is InChI=1S/C13H17N3O2S/c1-10(11-3-2-4-12(17)9-11)14-15-13(19)16-5-7-18-8-6-16/h2-4,9,17H,5-8H2,1H3,(H,15,19)/b14-10+. The van der Waals surface area contributed by atoms with Gasteiger partial charge in [0.2, 0.25) is 0 Å². The number of nitrogens with one attached hydrogen (secondary N) is 1. The van der Waals surface area contributed by atoms with Gasteiger partial charge in [0, 0.05) is 18.7 Å². The van der Waals surface area contributed by atoms with Crippen LogP contribution in [0.5, 0.6) is 5.75 Å². The first-order valence-electron chi connectivity index (χ1n) is 6.13. The Kier molecular flexibility index (Phi) is 4.70. The van der Waals surface area contributed by atoms with E-state index in [4.69, 9.17) is 17.0 Å². The number of hydrogen-bond donors (Lipinski definition) is 2. The molecule has 1 aromatic carbocycles. The van der Waals surface area contributed by atoms with E-state index in [1.165, 1.54) is 0 Å². The molecule has 0 amide bonds. The smallest absolute Gasteiger partial charge is 0.189 e. The number of morpholine rings is 1. The highest BCUT2D eigenvalue weighted by Gasteiger charge is 2.12. The minimum atomic E-state index is 0.225. The van der Waals surface area contributed by atoms with Crippen LogP contribution in [0.2, 0.25) is 0 Å². The normalized spacial score (nSPS) is 16.3. The van der Waals surface area contributed by atoms with Gasteiger partial charge in [0.25, 0.3) is 0 Å². The summed E-state index contributed by atoms with van der Waals surface area (Å²) in [7, 11) is 0. The molecule has 5 nitrogen and oxygen atoms in total. The summed E-state index contributed by atoms with van der Waals surface area (Å²) in [6.07, 6.45) is 0. The van der Waals surface area contributed by atoms with Gasteiger partial charge in [0.15, 0.2) is 5.11 Å². The third-order valence-electron chi connectivity index (χ3n) is 2.88. The molecule has 19 heavy (non-hydrogen) atoms. The largest absolute Gasteiger partial charge is 0.508 e. The number of rotatable bonds is 2. The summed E-state index contributed by atoms with van der Waals surface area (Å²) in [5.41, 5.74) is 4.51. The summed E-state index contributed by atoms with van der Waals surface area (Å²) in [6, 6.07) is 6.96. The first-order valence-corrected chi connectivity index (χ1v) is 6.54. The molecule has 1 aromatic rings. The molecule has 0 spiro atoms. The van der Waals surface area contributed by atoms with Gasteiger partial charge in [-0.2, -0.15) is 5.10 Å². The zero-order valence-electron chi connectivity index (χ0n) is 10.8. The average molecular weight is 279 g/mol. The molecule has 6 heteroatoms. The molecule has 0 aromatic heterocycles. The molecular formula is C13H17N3O2S. The minimum Gasteiger partial charge on any atom is -0.508 e. The van der Waals surface area contributed by atoms with Crippen molar-refractivity contribution < 1.29 is 9.84 Å². The molecule has 1 aliphatic rings. The predicted octanol–water partition coefficient (Wildman–Crippen LogP) is 1.32. The van der Waals surface area contributed by atoms with Crippen molar-refractivity contribution in [1.29, 1.82) is 0 Å². The predicted molar refractivity (Wildman–Crippen MR) is 78.4 cm³/mol. The summed E-state index contributed by atoms with van der Waals surface area (Å²) < 4.78 is 5.27.